The molecule has 1 saturated heterocycles. The zero-order chi connectivity index (χ0) is 29.5. The molecule has 5 rings (SSSR count). The van der Waals surface area contributed by atoms with E-state index in [0.717, 1.165) is 28.3 Å². The fourth-order valence-corrected chi connectivity index (χ4v) is 5.50. The average Bonchev–Trinajstić information content (AvgIpc) is 3.47. The molecule has 4 aromatic rings. The van der Waals surface area contributed by atoms with Crippen LogP contribution in [0.1, 0.15) is 22.4 Å². The summed E-state index contributed by atoms with van der Waals surface area (Å²) in [5.41, 5.74) is 4.36. The maximum atomic E-state index is 14.0. The van der Waals surface area contributed by atoms with Gasteiger partial charge in [-0.2, -0.15) is 0 Å². The number of nitrogens with zero attached hydrogens (tertiary/aromatic N) is 4. The van der Waals surface area contributed by atoms with Gasteiger partial charge in [-0.3, -0.25) is 4.79 Å². The van der Waals surface area contributed by atoms with Gasteiger partial charge in [0.2, 0.25) is 0 Å². The summed E-state index contributed by atoms with van der Waals surface area (Å²) in [6.07, 6.45) is 5.60. The Hall–Kier alpha value is -4.28. The molecule has 0 aliphatic carbocycles. The van der Waals surface area contributed by atoms with E-state index in [9.17, 15) is 9.18 Å². The normalized spacial score (nSPS) is 15.3. The predicted octanol–water partition coefficient (Wildman–Crippen LogP) is 6.05. The second-order valence-electron chi connectivity index (χ2n) is 9.62. The quantitative estimate of drug-likeness (QED) is 0.179. The summed E-state index contributed by atoms with van der Waals surface area (Å²) >= 11 is 7.28. The Bertz CT molecular complexity index is 1560. The van der Waals surface area contributed by atoms with E-state index in [1.165, 1.54) is 17.8 Å². The number of thiocarbonyl (C=S) groups is 1. The number of hydrogen-bond acceptors (Lipinski definition) is 7. The number of methoxy groups -OCH3 is 2. The second-order valence-corrected chi connectivity index (χ2v) is 11.2. The number of benzene rings is 3. The molecule has 7 nitrogen and oxygen atoms in total. The number of thioether (sulfide) groups is 1. The summed E-state index contributed by atoms with van der Waals surface area (Å²) < 4.78 is 26.8. The fourth-order valence-electron chi connectivity index (χ4n) is 4.48. The van der Waals surface area contributed by atoms with Crippen LogP contribution in [0.3, 0.4) is 0 Å². The lowest BCUT2D eigenvalue weighted by atomic mass is 9.94. The number of piperidine rings is 1. The smallest absolute Gasteiger partial charge is 0.188 e. The van der Waals surface area contributed by atoms with E-state index in [1.807, 2.05) is 65.6 Å². The highest BCUT2D eigenvalue weighted by molar-refractivity contribution is 8.22. The van der Waals surface area contributed by atoms with Gasteiger partial charge in [0.25, 0.3) is 0 Å². The van der Waals surface area contributed by atoms with Crippen molar-refractivity contribution in [2.24, 2.45) is 0 Å². The Labute approximate surface area is 253 Å². The summed E-state index contributed by atoms with van der Waals surface area (Å²) in [7, 11) is 3.24. The number of hydrogen-bond donors (Lipinski definition) is 0. The molecule has 1 aliphatic heterocycles. The van der Waals surface area contributed by atoms with Crippen LogP contribution in [0.25, 0.3) is 12.2 Å². The maximum Gasteiger partial charge on any atom is 0.188 e. The minimum atomic E-state index is -0.276. The predicted molar refractivity (Wildman–Crippen MR) is 168 cm³/mol. The number of ether oxygens (including phenoxy) is 2. The molecule has 3 aromatic carbocycles. The summed E-state index contributed by atoms with van der Waals surface area (Å²) in [5, 5.41) is 8.38. The topological polar surface area (TPSA) is 69.5 Å². The third-order valence-electron chi connectivity index (χ3n) is 6.70. The zero-order valence-electron chi connectivity index (χ0n) is 23.2. The van der Waals surface area contributed by atoms with Crippen LogP contribution in [0.2, 0.25) is 0 Å². The van der Waals surface area contributed by atoms with Gasteiger partial charge < -0.3 is 14.4 Å². The van der Waals surface area contributed by atoms with Gasteiger partial charge in [0.15, 0.2) is 5.78 Å². The minimum absolute atomic E-state index is 0.0122. The van der Waals surface area contributed by atoms with Gasteiger partial charge in [-0.1, -0.05) is 71.7 Å². The summed E-state index contributed by atoms with van der Waals surface area (Å²) in [5.74, 6) is 1.70. The molecular formula is C32H29FN4O3S2. The monoisotopic (exact) mass is 600 g/mol. The van der Waals surface area contributed by atoms with Gasteiger partial charge in [0, 0.05) is 41.7 Å². The van der Waals surface area contributed by atoms with E-state index in [2.05, 4.69) is 10.3 Å². The van der Waals surface area contributed by atoms with Crippen LogP contribution in [0.15, 0.2) is 90.1 Å². The van der Waals surface area contributed by atoms with Crippen LogP contribution in [0, 0.1) is 5.82 Å². The van der Waals surface area contributed by atoms with E-state index < -0.39 is 0 Å². The number of rotatable bonds is 8. The molecule has 0 amide bonds. The van der Waals surface area contributed by atoms with E-state index in [-0.39, 0.29) is 11.6 Å². The fraction of sp³-hybridized carbons (Fsp3) is 0.188. The van der Waals surface area contributed by atoms with E-state index in [1.54, 1.807) is 43.3 Å². The number of aromatic nitrogens is 3. The molecule has 0 bridgehead atoms. The van der Waals surface area contributed by atoms with Crippen LogP contribution >= 0.6 is 24.0 Å². The lowest BCUT2D eigenvalue weighted by Crippen LogP contribution is -2.39. The first kappa shape index (κ1) is 29.2. The van der Waals surface area contributed by atoms with Crippen molar-refractivity contribution in [2.75, 3.05) is 27.3 Å². The van der Waals surface area contributed by atoms with Crippen molar-refractivity contribution in [3.05, 3.63) is 118 Å². The molecular weight excluding hydrogens is 572 g/mol. The number of carbonyl (C=O) groups excluding carboxylic acids is 1. The van der Waals surface area contributed by atoms with Crippen LogP contribution in [0.5, 0.6) is 11.5 Å². The first-order valence-electron chi connectivity index (χ1n) is 13.2. The standard InChI is InChI=1S/C32H29FN4O3S2/c1-39-28-11-7-22(8-12-28)15-25-17-36(18-26(31(25)38)16-23-9-13-29(40-2)14-10-23)32(41)42-21-27-20-37(35-34-27)19-24-5-3-4-6-30(24)33/h3-16,20H,17-19,21H2,1-2H3/b25-15+,26-16+. The average molecular weight is 601 g/mol. The SMILES string of the molecule is COc1ccc(/C=C2\CN(C(=S)SCc3cn(Cc4ccccc4F)nn3)C/C(=C\c3ccc(OC)cc3)C2=O)cc1. The lowest BCUT2D eigenvalue weighted by Gasteiger charge is -2.31. The van der Waals surface area contributed by atoms with Crippen molar-refractivity contribution in [2.45, 2.75) is 12.3 Å². The number of likely N-dealkylation sites (tertiary alicyclic amines) is 1. The van der Waals surface area contributed by atoms with E-state index in [4.69, 9.17) is 21.7 Å². The van der Waals surface area contributed by atoms with Crippen molar-refractivity contribution in [3.63, 3.8) is 0 Å². The van der Waals surface area contributed by atoms with Gasteiger partial charge in [-0.05, 0) is 53.6 Å². The molecule has 0 radical (unpaired) electrons. The molecule has 2 heterocycles. The van der Waals surface area contributed by atoms with Crippen molar-refractivity contribution >= 4 is 46.2 Å². The Morgan fingerprint density at radius 2 is 1.50 bits per heavy atom. The number of ketones is 1. The van der Waals surface area contributed by atoms with Gasteiger partial charge in [0.1, 0.15) is 21.6 Å². The zero-order valence-corrected chi connectivity index (χ0v) is 24.8. The Morgan fingerprint density at radius 1 is 0.929 bits per heavy atom. The van der Waals surface area contributed by atoms with Gasteiger partial charge in [-0.15, -0.1) is 5.10 Å². The summed E-state index contributed by atoms with van der Waals surface area (Å²) in [4.78, 5) is 15.6. The van der Waals surface area contributed by atoms with Crippen LogP contribution < -0.4 is 9.47 Å². The summed E-state index contributed by atoms with van der Waals surface area (Å²) in [6, 6.07) is 21.8. The van der Waals surface area contributed by atoms with Gasteiger partial charge in [0.05, 0.1) is 26.5 Å². The molecule has 42 heavy (non-hydrogen) atoms. The third-order valence-corrected chi connectivity index (χ3v) is 8.25. The Balaban J connectivity index is 1.32. The molecule has 0 N–H and O–H groups in total. The van der Waals surface area contributed by atoms with Crippen LogP contribution in [0.4, 0.5) is 4.39 Å². The first-order chi connectivity index (χ1) is 20.4. The van der Waals surface area contributed by atoms with Crippen molar-refractivity contribution in [1.82, 2.24) is 19.9 Å². The number of carbonyl (C=O) groups is 1. The molecule has 1 aliphatic rings. The van der Waals surface area contributed by atoms with E-state index in [0.29, 0.717) is 46.4 Å². The van der Waals surface area contributed by atoms with Crippen LogP contribution in [-0.4, -0.2) is 57.3 Å². The molecule has 0 spiro atoms. The highest BCUT2D eigenvalue weighted by Gasteiger charge is 2.28. The highest BCUT2D eigenvalue weighted by atomic mass is 32.2. The first-order valence-corrected chi connectivity index (χ1v) is 14.6. The second kappa shape index (κ2) is 13.6. The number of halogens is 1. The van der Waals surface area contributed by atoms with Crippen molar-refractivity contribution in [1.29, 1.82) is 0 Å². The highest BCUT2D eigenvalue weighted by Crippen LogP contribution is 2.27. The molecule has 214 valence electrons. The van der Waals surface area contributed by atoms with Gasteiger partial charge >= 0.3 is 0 Å². The molecule has 0 unspecified atom stereocenters. The Kier molecular flexibility index (Phi) is 9.45. The molecule has 0 saturated carbocycles. The van der Waals surface area contributed by atoms with Crippen molar-refractivity contribution < 1.29 is 18.7 Å². The molecule has 10 heteroatoms. The van der Waals surface area contributed by atoms with Crippen LogP contribution in [-0.2, 0) is 17.1 Å². The minimum Gasteiger partial charge on any atom is -0.497 e. The van der Waals surface area contributed by atoms with E-state index >= 15 is 0 Å². The maximum absolute atomic E-state index is 14.0. The lowest BCUT2D eigenvalue weighted by molar-refractivity contribution is -0.113. The third kappa shape index (κ3) is 7.32. The van der Waals surface area contributed by atoms with Crippen molar-refractivity contribution in [3.8, 4) is 11.5 Å². The molecule has 1 fully saturated rings. The largest absolute Gasteiger partial charge is 0.497 e. The van der Waals surface area contributed by atoms with Gasteiger partial charge in [-0.25, -0.2) is 9.07 Å². The molecule has 0 atom stereocenters. The number of Topliss-reactive ketones (excluding diaryl/α,β-unsaturated/α-hetero) is 1. The Morgan fingerprint density at radius 3 is 2.05 bits per heavy atom. The summed E-state index contributed by atoms with van der Waals surface area (Å²) in [6.45, 7) is 1.06. The molecule has 1 aromatic heterocycles.